The molecule has 2 aromatic carbocycles. The number of rotatable bonds is 2. The van der Waals surface area contributed by atoms with Crippen LogP contribution in [0.15, 0.2) is 41.3 Å². The third-order valence-electron chi connectivity index (χ3n) is 3.19. The molecule has 0 saturated carbocycles. The van der Waals surface area contributed by atoms with E-state index in [1.54, 1.807) is 4.72 Å². The molecule has 0 saturated heterocycles. The maximum Gasteiger partial charge on any atom is 0.333 e. The minimum Gasteiger partial charge on any atom is -0.322 e. The van der Waals surface area contributed by atoms with Gasteiger partial charge in [-0.3, -0.25) is 4.79 Å². The maximum absolute atomic E-state index is 13.1. The van der Waals surface area contributed by atoms with E-state index in [0.717, 1.165) is 24.3 Å². The van der Waals surface area contributed by atoms with Gasteiger partial charge < -0.3 is 10.6 Å². The molecule has 10 heteroatoms. The summed E-state index contributed by atoms with van der Waals surface area (Å²) in [7, 11) is -4.08. The predicted octanol–water partition coefficient (Wildman–Crippen LogP) is 2.04. The molecule has 3 rings (SSSR count). The summed E-state index contributed by atoms with van der Waals surface area (Å²) in [6.07, 6.45) is 0. The number of carbonyl (C=O) groups excluding carboxylic acids is 2. The van der Waals surface area contributed by atoms with Crippen LogP contribution in [0.1, 0.15) is 10.4 Å². The molecule has 1 aliphatic heterocycles. The topological polar surface area (TPSA) is 104 Å². The van der Waals surface area contributed by atoms with Crippen molar-refractivity contribution < 1.29 is 26.8 Å². The number of halogens is 2. The minimum atomic E-state index is -4.08. The SMILES string of the molecule is O=C1Nc2ccc(C(=O)Nc3ccc(F)c(F)c3)cc2S(=O)(=O)N1. The average molecular weight is 353 g/mol. The molecule has 24 heavy (non-hydrogen) atoms. The first-order valence-corrected chi connectivity index (χ1v) is 7.99. The molecule has 0 radical (unpaired) electrons. The Bertz CT molecular complexity index is 976. The minimum absolute atomic E-state index is 0.00547. The number of anilines is 2. The summed E-state index contributed by atoms with van der Waals surface area (Å²) in [6.45, 7) is 0. The van der Waals surface area contributed by atoms with Gasteiger partial charge in [0.25, 0.3) is 15.9 Å². The highest BCUT2D eigenvalue weighted by molar-refractivity contribution is 7.90. The molecule has 0 aliphatic carbocycles. The summed E-state index contributed by atoms with van der Waals surface area (Å²) >= 11 is 0. The largest absolute Gasteiger partial charge is 0.333 e. The van der Waals surface area contributed by atoms with Gasteiger partial charge in [-0.25, -0.2) is 26.7 Å². The van der Waals surface area contributed by atoms with Crippen molar-refractivity contribution in [3.8, 4) is 0 Å². The fourth-order valence-corrected chi connectivity index (χ4v) is 3.19. The quantitative estimate of drug-likeness (QED) is 0.768. The maximum atomic E-state index is 13.1. The zero-order chi connectivity index (χ0) is 17.5. The van der Waals surface area contributed by atoms with E-state index in [-0.39, 0.29) is 21.8 Å². The third-order valence-corrected chi connectivity index (χ3v) is 4.56. The first-order chi connectivity index (χ1) is 11.3. The number of hydrogen-bond acceptors (Lipinski definition) is 4. The van der Waals surface area contributed by atoms with Crippen molar-refractivity contribution in [2.45, 2.75) is 4.90 Å². The molecule has 0 spiro atoms. The highest BCUT2D eigenvalue weighted by Gasteiger charge is 2.28. The van der Waals surface area contributed by atoms with E-state index in [4.69, 9.17) is 0 Å². The van der Waals surface area contributed by atoms with Gasteiger partial charge in [-0.15, -0.1) is 0 Å². The Morgan fingerprint density at radius 1 is 1.04 bits per heavy atom. The number of amides is 3. The molecule has 3 amide bonds. The molecule has 2 aromatic rings. The van der Waals surface area contributed by atoms with E-state index < -0.39 is 33.6 Å². The number of fused-ring (bicyclic) bond motifs is 1. The lowest BCUT2D eigenvalue weighted by Gasteiger charge is -2.18. The van der Waals surface area contributed by atoms with Crippen molar-refractivity contribution in [2.75, 3.05) is 10.6 Å². The number of nitrogens with one attached hydrogen (secondary N) is 3. The lowest BCUT2D eigenvalue weighted by molar-refractivity contribution is 0.102. The van der Waals surface area contributed by atoms with Gasteiger partial charge in [-0.05, 0) is 30.3 Å². The standard InChI is InChI=1S/C14H9F2N3O4S/c15-9-3-2-8(6-10(9)16)17-13(20)7-1-4-11-12(5-7)24(22,23)19-14(21)18-11/h1-6H,(H,17,20)(H2,18,19,21). The molecular weight excluding hydrogens is 344 g/mol. The Kier molecular flexibility index (Phi) is 3.68. The van der Waals surface area contributed by atoms with E-state index in [1.807, 2.05) is 0 Å². The number of urea groups is 1. The van der Waals surface area contributed by atoms with Crippen LogP contribution in [0.3, 0.4) is 0 Å². The van der Waals surface area contributed by atoms with Crippen molar-refractivity contribution in [2.24, 2.45) is 0 Å². The third kappa shape index (κ3) is 2.91. The number of benzene rings is 2. The van der Waals surface area contributed by atoms with Crippen LogP contribution in [0.5, 0.6) is 0 Å². The van der Waals surface area contributed by atoms with E-state index in [2.05, 4.69) is 10.6 Å². The normalized spacial score (nSPS) is 15.0. The Morgan fingerprint density at radius 2 is 1.79 bits per heavy atom. The average Bonchev–Trinajstić information content (AvgIpc) is 2.49. The van der Waals surface area contributed by atoms with Gasteiger partial charge in [0.2, 0.25) is 0 Å². The zero-order valence-electron chi connectivity index (χ0n) is 11.8. The number of hydrogen-bond donors (Lipinski definition) is 3. The van der Waals surface area contributed by atoms with Crippen LogP contribution in [-0.2, 0) is 10.0 Å². The van der Waals surface area contributed by atoms with Gasteiger partial charge in [-0.1, -0.05) is 0 Å². The Labute approximate surface area is 134 Å². The van der Waals surface area contributed by atoms with Crippen molar-refractivity contribution in [3.63, 3.8) is 0 Å². The van der Waals surface area contributed by atoms with Crippen LogP contribution in [0.4, 0.5) is 25.0 Å². The summed E-state index contributed by atoms with van der Waals surface area (Å²) in [6, 6.07) is 5.51. The van der Waals surface area contributed by atoms with Crippen LogP contribution in [-0.4, -0.2) is 20.4 Å². The van der Waals surface area contributed by atoms with Crippen molar-refractivity contribution in [3.05, 3.63) is 53.6 Å². The molecule has 0 fully saturated rings. The molecule has 7 nitrogen and oxygen atoms in total. The van der Waals surface area contributed by atoms with Gasteiger partial charge in [0.15, 0.2) is 11.6 Å². The second-order valence-electron chi connectivity index (χ2n) is 4.85. The van der Waals surface area contributed by atoms with E-state index >= 15 is 0 Å². The fourth-order valence-electron chi connectivity index (χ4n) is 2.09. The second-order valence-corrected chi connectivity index (χ2v) is 6.50. The fraction of sp³-hybridized carbons (Fsp3) is 0. The predicted molar refractivity (Wildman–Crippen MR) is 80.1 cm³/mol. The van der Waals surface area contributed by atoms with Crippen molar-refractivity contribution in [1.29, 1.82) is 0 Å². The summed E-state index contributed by atoms with van der Waals surface area (Å²) in [5, 5.41) is 4.61. The van der Waals surface area contributed by atoms with Crippen LogP contribution in [0, 0.1) is 11.6 Å². The first kappa shape index (κ1) is 15.9. The lowest BCUT2D eigenvalue weighted by Crippen LogP contribution is -2.39. The highest BCUT2D eigenvalue weighted by atomic mass is 32.2. The van der Waals surface area contributed by atoms with Gasteiger partial charge in [0.05, 0.1) is 5.69 Å². The van der Waals surface area contributed by atoms with Crippen LogP contribution in [0.2, 0.25) is 0 Å². The molecule has 0 bridgehead atoms. The van der Waals surface area contributed by atoms with Crippen molar-refractivity contribution in [1.82, 2.24) is 4.72 Å². The summed E-state index contributed by atoms with van der Waals surface area (Å²) in [5.74, 6) is -2.92. The van der Waals surface area contributed by atoms with E-state index in [9.17, 15) is 26.8 Å². The number of sulfonamides is 1. The van der Waals surface area contributed by atoms with Gasteiger partial charge >= 0.3 is 6.03 Å². The molecule has 124 valence electrons. The van der Waals surface area contributed by atoms with Crippen LogP contribution >= 0.6 is 0 Å². The molecule has 0 aromatic heterocycles. The monoisotopic (exact) mass is 353 g/mol. The Hall–Kier alpha value is -3.01. The summed E-state index contributed by atoms with van der Waals surface area (Å²) < 4.78 is 51.6. The van der Waals surface area contributed by atoms with Crippen LogP contribution < -0.4 is 15.4 Å². The molecular formula is C14H9F2N3O4S. The molecule has 1 aliphatic rings. The number of carbonyl (C=O) groups is 2. The molecule has 3 N–H and O–H groups in total. The molecule has 1 heterocycles. The van der Waals surface area contributed by atoms with E-state index in [1.165, 1.54) is 12.1 Å². The smallest absolute Gasteiger partial charge is 0.322 e. The van der Waals surface area contributed by atoms with E-state index in [0.29, 0.717) is 0 Å². The van der Waals surface area contributed by atoms with Gasteiger partial charge in [0, 0.05) is 17.3 Å². The lowest BCUT2D eigenvalue weighted by atomic mass is 10.2. The Balaban J connectivity index is 1.91. The first-order valence-electron chi connectivity index (χ1n) is 6.50. The summed E-state index contributed by atoms with van der Waals surface area (Å²) in [5.41, 5.74) is -0.00552. The summed E-state index contributed by atoms with van der Waals surface area (Å²) in [4.78, 5) is 23.1. The Morgan fingerprint density at radius 3 is 2.50 bits per heavy atom. The second kappa shape index (κ2) is 5.57. The molecule has 0 unspecified atom stereocenters. The van der Waals surface area contributed by atoms with Crippen LogP contribution in [0.25, 0.3) is 0 Å². The molecule has 0 atom stereocenters. The van der Waals surface area contributed by atoms with Gasteiger partial charge in [-0.2, -0.15) is 0 Å². The zero-order valence-corrected chi connectivity index (χ0v) is 12.6. The van der Waals surface area contributed by atoms with Crippen molar-refractivity contribution >= 4 is 33.3 Å². The highest BCUT2D eigenvalue weighted by Crippen LogP contribution is 2.26. The van der Waals surface area contributed by atoms with Gasteiger partial charge in [0.1, 0.15) is 4.90 Å².